The molecule has 132 valence electrons. The van der Waals surface area contributed by atoms with E-state index in [9.17, 15) is 13.2 Å². The van der Waals surface area contributed by atoms with E-state index in [1.165, 1.54) is 4.31 Å². The zero-order valence-corrected chi connectivity index (χ0v) is 15.6. The zero-order chi connectivity index (χ0) is 18.3. The molecule has 3 aromatic rings. The molecule has 5 nitrogen and oxygen atoms in total. The molecule has 0 fully saturated rings. The number of hydrogen-bond acceptors (Lipinski definition) is 4. The minimum Gasteiger partial charge on any atom is -0.325 e. The zero-order valence-electron chi connectivity index (χ0n) is 14.0. The number of hydrogen-bond donors (Lipinski definition) is 1. The lowest BCUT2D eigenvalue weighted by Gasteiger charge is -2.18. The summed E-state index contributed by atoms with van der Waals surface area (Å²) in [5, 5.41) is 4.28. The number of carbonyl (C=O) groups is 1. The van der Waals surface area contributed by atoms with Crippen LogP contribution in [0.25, 0.3) is 10.8 Å². The van der Waals surface area contributed by atoms with Crippen molar-refractivity contribution < 1.29 is 13.2 Å². The van der Waals surface area contributed by atoms with Gasteiger partial charge in [-0.3, -0.25) is 9.10 Å². The van der Waals surface area contributed by atoms with Crippen molar-refractivity contribution in [1.82, 2.24) is 0 Å². The van der Waals surface area contributed by atoms with Gasteiger partial charge in [-0.25, -0.2) is 8.42 Å². The van der Waals surface area contributed by atoms with Gasteiger partial charge in [-0.2, -0.15) is 0 Å². The number of rotatable bonds is 4. The summed E-state index contributed by atoms with van der Waals surface area (Å²) >= 11 is 1.61. The highest BCUT2D eigenvalue weighted by atomic mass is 32.2. The van der Waals surface area contributed by atoms with E-state index in [2.05, 4.69) is 5.32 Å². The van der Waals surface area contributed by atoms with Crippen LogP contribution in [0.2, 0.25) is 0 Å². The molecule has 0 atom stereocenters. The van der Waals surface area contributed by atoms with Gasteiger partial charge in [0.15, 0.2) is 0 Å². The Morgan fingerprint density at radius 2 is 1.73 bits per heavy atom. The van der Waals surface area contributed by atoms with Crippen molar-refractivity contribution in [2.45, 2.75) is 9.79 Å². The molecule has 0 saturated heterocycles. The number of benzene rings is 3. The second-order valence-corrected chi connectivity index (χ2v) is 8.63. The maximum Gasteiger partial charge on any atom is 0.265 e. The van der Waals surface area contributed by atoms with Crippen LogP contribution < -0.4 is 9.62 Å². The summed E-state index contributed by atoms with van der Waals surface area (Å²) in [5.74, 6) is -0.379. The van der Waals surface area contributed by atoms with Crippen LogP contribution in [0.15, 0.2) is 70.5 Å². The second kappa shape index (κ2) is 6.34. The molecule has 1 N–H and O–H groups in total. The Bertz CT molecular complexity index is 1100. The van der Waals surface area contributed by atoms with Crippen LogP contribution in [-0.2, 0) is 14.8 Å². The van der Waals surface area contributed by atoms with E-state index in [0.29, 0.717) is 16.8 Å². The average Bonchev–Trinajstić information content (AvgIpc) is 2.86. The smallest absolute Gasteiger partial charge is 0.265 e. The summed E-state index contributed by atoms with van der Waals surface area (Å²) in [6, 6.07) is 18.0. The summed E-state index contributed by atoms with van der Waals surface area (Å²) in [4.78, 5) is 13.8. The van der Waals surface area contributed by atoms with Crippen LogP contribution in [-0.4, -0.2) is 27.1 Å². The summed E-state index contributed by atoms with van der Waals surface area (Å²) in [6.45, 7) is -0.263. The fourth-order valence-corrected chi connectivity index (χ4v) is 5.21. The Labute approximate surface area is 156 Å². The fraction of sp³-hybridized carbons (Fsp3) is 0.105. The lowest BCUT2D eigenvalue weighted by Crippen LogP contribution is -2.35. The molecule has 0 saturated carbocycles. The van der Waals surface area contributed by atoms with Gasteiger partial charge in [0.05, 0.1) is 10.6 Å². The second-order valence-electron chi connectivity index (χ2n) is 5.92. The van der Waals surface area contributed by atoms with Gasteiger partial charge in [-0.15, -0.1) is 11.8 Å². The Hall–Kier alpha value is -2.51. The molecule has 0 spiro atoms. The molecule has 0 unspecified atom stereocenters. The van der Waals surface area contributed by atoms with Crippen molar-refractivity contribution in [2.75, 3.05) is 22.4 Å². The van der Waals surface area contributed by atoms with Crippen molar-refractivity contribution >= 4 is 49.8 Å². The van der Waals surface area contributed by atoms with E-state index in [0.717, 1.165) is 10.3 Å². The highest BCUT2D eigenvalue weighted by Gasteiger charge is 2.36. The van der Waals surface area contributed by atoms with Gasteiger partial charge in [0, 0.05) is 16.0 Å². The van der Waals surface area contributed by atoms with Crippen molar-refractivity contribution in [3.63, 3.8) is 0 Å². The highest BCUT2D eigenvalue weighted by Crippen LogP contribution is 2.41. The molecule has 4 rings (SSSR count). The van der Waals surface area contributed by atoms with Gasteiger partial charge >= 0.3 is 0 Å². The molecule has 1 amide bonds. The molecule has 0 radical (unpaired) electrons. The lowest BCUT2D eigenvalue weighted by atomic mass is 10.1. The molecule has 0 aromatic heterocycles. The van der Waals surface area contributed by atoms with E-state index >= 15 is 0 Å². The SMILES string of the molecule is CSc1ccc(NC(=O)CN2c3cccc4cccc(c34)S2(=O)=O)cc1. The molecular formula is C19H16N2O3S2. The number of sulfonamides is 1. The Kier molecular flexibility index (Phi) is 4.13. The van der Waals surface area contributed by atoms with Crippen molar-refractivity contribution in [1.29, 1.82) is 0 Å². The van der Waals surface area contributed by atoms with Crippen molar-refractivity contribution in [2.24, 2.45) is 0 Å². The standard InChI is InChI=1S/C19H16N2O3S2/c1-25-15-10-8-14(9-11-15)20-18(22)12-21-16-6-2-4-13-5-3-7-17(19(13)16)26(21,23)24/h2-11H,12H2,1H3,(H,20,22). The number of carbonyl (C=O) groups excluding carboxylic acids is 1. The number of nitrogens with one attached hydrogen (secondary N) is 1. The van der Waals surface area contributed by atoms with Crippen molar-refractivity contribution in [3.8, 4) is 0 Å². The van der Waals surface area contributed by atoms with Gasteiger partial charge in [-0.05, 0) is 48.0 Å². The Morgan fingerprint density at radius 1 is 1.04 bits per heavy atom. The molecule has 1 heterocycles. The first kappa shape index (κ1) is 16.9. The van der Waals surface area contributed by atoms with E-state index < -0.39 is 10.0 Å². The van der Waals surface area contributed by atoms with Crippen LogP contribution in [0.1, 0.15) is 0 Å². The Morgan fingerprint density at radius 3 is 2.42 bits per heavy atom. The normalized spacial score (nSPS) is 14.6. The topological polar surface area (TPSA) is 66.5 Å². The fourth-order valence-electron chi connectivity index (χ4n) is 3.13. The predicted molar refractivity (Wildman–Crippen MR) is 105 cm³/mol. The summed E-state index contributed by atoms with van der Waals surface area (Å²) in [7, 11) is -3.73. The van der Waals surface area contributed by atoms with Crippen LogP contribution in [0.3, 0.4) is 0 Å². The van der Waals surface area contributed by atoms with E-state index in [1.54, 1.807) is 48.2 Å². The summed E-state index contributed by atoms with van der Waals surface area (Å²) < 4.78 is 26.9. The molecule has 1 aliphatic rings. The third kappa shape index (κ3) is 2.73. The first-order valence-electron chi connectivity index (χ1n) is 7.99. The van der Waals surface area contributed by atoms with Gasteiger partial charge in [0.2, 0.25) is 5.91 Å². The number of thioether (sulfide) groups is 1. The summed E-state index contributed by atoms with van der Waals surface area (Å²) in [5.41, 5.74) is 1.19. The minimum atomic E-state index is -3.73. The van der Waals surface area contributed by atoms with Crippen molar-refractivity contribution in [3.05, 3.63) is 60.7 Å². The van der Waals surface area contributed by atoms with E-state index in [1.807, 2.05) is 30.5 Å². The average molecular weight is 384 g/mol. The maximum absolute atomic E-state index is 12.9. The number of nitrogens with zero attached hydrogens (tertiary/aromatic N) is 1. The molecule has 0 aliphatic carbocycles. The quantitative estimate of drug-likeness (QED) is 0.697. The van der Waals surface area contributed by atoms with Crippen LogP contribution >= 0.6 is 11.8 Å². The molecular weight excluding hydrogens is 368 g/mol. The number of anilines is 2. The molecule has 26 heavy (non-hydrogen) atoms. The summed E-state index contributed by atoms with van der Waals surface area (Å²) in [6.07, 6.45) is 1.98. The van der Waals surface area contributed by atoms with Crippen LogP contribution in [0.4, 0.5) is 11.4 Å². The van der Waals surface area contributed by atoms with E-state index in [4.69, 9.17) is 0 Å². The van der Waals surface area contributed by atoms with Gasteiger partial charge < -0.3 is 5.32 Å². The van der Waals surface area contributed by atoms with Gasteiger partial charge in [0.25, 0.3) is 10.0 Å². The van der Waals surface area contributed by atoms with Crippen LogP contribution in [0.5, 0.6) is 0 Å². The predicted octanol–water partition coefficient (Wildman–Crippen LogP) is 3.71. The molecule has 7 heteroatoms. The highest BCUT2D eigenvalue weighted by molar-refractivity contribution is 7.98. The Balaban J connectivity index is 1.62. The lowest BCUT2D eigenvalue weighted by molar-refractivity contribution is -0.114. The maximum atomic E-state index is 12.9. The molecule has 1 aliphatic heterocycles. The monoisotopic (exact) mass is 384 g/mol. The third-order valence-corrected chi connectivity index (χ3v) is 6.89. The first-order chi connectivity index (χ1) is 12.5. The molecule has 0 bridgehead atoms. The number of amides is 1. The first-order valence-corrected chi connectivity index (χ1v) is 10.7. The molecule has 3 aromatic carbocycles. The third-order valence-electron chi connectivity index (χ3n) is 4.34. The minimum absolute atomic E-state index is 0.253. The van der Waals surface area contributed by atoms with Gasteiger partial charge in [0.1, 0.15) is 6.54 Å². The van der Waals surface area contributed by atoms with Crippen LogP contribution in [0, 0.1) is 0 Å². The van der Waals surface area contributed by atoms with E-state index in [-0.39, 0.29) is 17.3 Å². The van der Waals surface area contributed by atoms with Gasteiger partial charge in [-0.1, -0.05) is 24.3 Å². The largest absolute Gasteiger partial charge is 0.325 e.